The van der Waals surface area contributed by atoms with E-state index in [0.29, 0.717) is 18.4 Å². The molecule has 1 unspecified atom stereocenters. The maximum atomic E-state index is 14.3. The zero-order valence-corrected chi connectivity index (χ0v) is 15.6. The Bertz CT molecular complexity index is 1080. The number of rotatable bonds is 2. The van der Waals surface area contributed by atoms with E-state index in [-0.39, 0.29) is 36.5 Å². The number of hydrogen-bond donors (Lipinski definition) is 0. The minimum absolute atomic E-state index is 0.0208. The first-order valence-corrected chi connectivity index (χ1v) is 9.52. The number of benzene rings is 1. The standard InChI is InChI=1S/C21H16F4N2O3/c22-15-4-2-1-3-13(15)19(5-6-19)18(29)27-8-7-20(11-27)14-9-16(21(23,24)25)26-10-12(14)17(28)30-20/h1-4,9-10H,5-8,11H2. The van der Waals surface area contributed by atoms with E-state index in [0.717, 1.165) is 12.3 Å². The number of esters is 1. The summed E-state index contributed by atoms with van der Waals surface area (Å²) in [5, 5.41) is 0. The molecule has 0 bridgehead atoms. The number of pyridine rings is 1. The Hall–Kier alpha value is -2.97. The van der Waals surface area contributed by atoms with Crippen molar-refractivity contribution in [2.45, 2.75) is 36.5 Å². The predicted octanol–water partition coefficient (Wildman–Crippen LogP) is 3.57. The van der Waals surface area contributed by atoms with E-state index in [1.165, 1.54) is 11.0 Å². The van der Waals surface area contributed by atoms with Crippen LogP contribution in [0.1, 0.15) is 46.4 Å². The number of carbonyl (C=O) groups excluding carboxylic acids is 2. The molecule has 1 spiro atoms. The lowest BCUT2D eigenvalue weighted by Gasteiger charge is -2.27. The highest BCUT2D eigenvalue weighted by Crippen LogP contribution is 2.52. The number of halogens is 4. The number of alkyl halides is 3. The lowest BCUT2D eigenvalue weighted by atomic mass is 9.91. The Morgan fingerprint density at radius 3 is 2.53 bits per heavy atom. The molecule has 9 heteroatoms. The number of ether oxygens (including phenoxy) is 1. The number of hydrogen-bond acceptors (Lipinski definition) is 4. The zero-order chi connectivity index (χ0) is 21.3. The van der Waals surface area contributed by atoms with E-state index in [4.69, 9.17) is 4.74 Å². The van der Waals surface area contributed by atoms with Gasteiger partial charge in [0.1, 0.15) is 11.5 Å². The lowest BCUT2D eigenvalue weighted by Crippen LogP contribution is -2.40. The molecule has 1 aromatic carbocycles. The molecule has 3 aliphatic rings. The van der Waals surface area contributed by atoms with Gasteiger partial charge in [0.05, 0.1) is 17.5 Å². The molecule has 1 aliphatic carbocycles. The van der Waals surface area contributed by atoms with Crippen LogP contribution in [-0.2, 0) is 26.7 Å². The largest absolute Gasteiger partial charge is 0.449 e. The van der Waals surface area contributed by atoms with Crippen molar-refractivity contribution in [2.24, 2.45) is 0 Å². The Morgan fingerprint density at radius 1 is 1.13 bits per heavy atom. The maximum Gasteiger partial charge on any atom is 0.433 e. The molecule has 0 radical (unpaired) electrons. The second kappa shape index (κ2) is 6.02. The fraction of sp³-hybridized carbons (Fsp3) is 0.381. The molecule has 1 saturated carbocycles. The highest BCUT2D eigenvalue weighted by Gasteiger charge is 2.58. The van der Waals surface area contributed by atoms with Gasteiger partial charge in [-0.15, -0.1) is 0 Å². The maximum absolute atomic E-state index is 14.3. The summed E-state index contributed by atoms with van der Waals surface area (Å²) in [5.74, 6) is -1.51. The van der Waals surface area contributed by atoms with Crippen molar-refractivity contribution in [3.8, 4) is 0 Å². The fourth-order valence-corrected chi connectivity index (χ4v) is 4.57. The van der Waals surface area contributed by atoms with Gasteiger partial charge in [0.2, 0.25) is 5.91 Å². The minimum atomic E-state index is -4.67. The number of fused-ring (bicyclic) bond motifs is 2. The van der Waals surface area contributed by atoms with Crippen molar-refractivity contribution in [3.63, 3.8) is 0 Å². The molecule has 2 fully saturated rings. The molecule has 5 nitrogen and oxygen atoms in total. The van der Waals surface area contributed by atoms with E-state index < -0.39 is 34.7 Å². The average Bonchev–Trinajstić information content (AvgIpc) is 3.33. The predicted molar refractivity (Wildman–Crippen MR) is 94.8 cm³/mol. The van der Waals surface area contributed by atoms with Crippen molar-refractivity contribution in [2.75, 3.05) is 13.1 Å². The first-order chi connectivity index (χ1) is 14.2. The van der Waals surface area contributed by atoms with Gasteiger partial charge in [0, 0.05) is 30.3 Å². The number of nitrogens with zero attached hydrogens (tertiary/aromatic N) is 2. The van der Waals surface area contributed by atoms with Crippen molar-refractivity contribution in [1.82, 2.24) is 9.88 Å². The van der Waals surface area contributed by atoms with Gasteiger partial charge < -0.3 is 9.64 Å². The summed E-state index contributed by atoms with van der Waals surface area (Å²) in [5.41, 5.74) is -3.01. The van der Waals surface area contributed by atoms with Crippen molar-refractivity contribution in [3.05, 3.63) is 64.7 Å². The Kier molecular flexibility index (Phi) is 3.82. The Labute approximate surface area is 168 Å². The summed E-state index contributed by atoms with van der Waals surface area (Å²) >= 11 is 0. The summed E-state index contributed by atoms with van der Waals surface area (Å²) < 4.78 is 59.2. The smallest absolute Gasteiger partial charge is 0.433 e. The van der Waals surface area contributed by atoms with Gasteiger partial charge in [0.25, 0.3) is 0 Å². The SMILES string of the molecule is O=C1OC2(CCN(C(=O)C3(c4ccccc4F)CC3)C2)c2cc(C(F)(F)F)ncc21. The van der Waals surface area contributed by atoms with Crippen molar-refractivity contribution < 1.29 is 31.9 Å². The van der Waals surface area contributed by atoms with Crippen LogP contribution in [-0.4, -0.2) is 34.8 Å². The van der Waals surface area contributed by atoms with Crippen LogP contribution < -0.4 is 0 Å². The third-order valence-corrected chi connectivity index (χ3v) is 6.26. The molecule has 1 amide bonds. The van der Waals surface area contributed by atoms with Crippen LogP contribution in [0, 0.1) is 5.82 Å². The van der Waals surface area contributed by atoms with Gasteiger partial charge in [-0.25, -0.2) is 9.18 Å². The normalized spacial score (nSPS) is 24.1. The van der Waals surface area contributed by atoms with E-state index in [1.54, 1.807) is 18.2 Å². The van der Waals surface area contributed by atoms with E-state index >= 15 is 0 Å². The van der Waals surface area contributed by atoms with Crippen molar-refractivity contribution >= 4 is 11.9 Å². The van der Waals surface area contributed by atoms with E-state index in [9.17, 15) is 27.2 Å². The fourth-order valence-electron chi connectivity index (χ4n) is 4.57. The molecule has 3 heterocycles. The van der Waals surface area contributed by atoms with Crippen LogP contribution in [0.25, 0.3) is 0 Å². The molecular formula is C21H16F4N2O3. The molecule has 156 valence electrons. The van der Waals surface area contributed by atoms with Gasteiger partial charge in [-0.1, -0.05) is 18.2 Å². The summed E-state index contributed by atoms with van der Waals surface area (Å²) in [6.45, 7) is 0.132. The quantitative estimate of drug-likeness (QED) is 0.551. The monoisotopic (exact) mass is 420 g/mol. The Morgan fingerprint density at radius 2 is 1.87 bits per heavy atom. The number of likely N-dealkylation sites (tertiary alicyclic amines) is 1. The molecule has 0 N–H and O–H groups in total. The molecule has 5 rings (SSSR count). The van der Waals surface area contributed by atoms with Gasteiger partial charge in [-0.2, -0.15) is 13.2 Å². The highest BCUT2D eigenvalue weighted by molar-refractivity contribution is 5.95. The van der Waals surface area contributed by atoms with E-state index in [2.05, 4.69) is 4.98 Å². The van der Waals surface area contributed by atoms with Gasteiger partial charge >= 0.3 is 12.1 Å². The van der Waals surface area contributed by atoms with Crippen LogP contribution in [0.4, 0.5) is 17.6 Å². The van der Waals surface area contributed by atoms with Crippen LogP contribution in [0.3, 0.4) is 0 Å². The lowest BCUT2D eigenvalue weighted by molar-refractivity contribution is -0.141. The van der Waals surface area contributed by atoms with Gasteiger partial charge in [-0.05, 0) is 25.0 Å². The van der Waals surface area contributed by atoms with Crippen LogP contribution in [0.5, 0.6) is 0 Å². The molecule has 2 aromatic rings. The second-order valence-corrected chi connectivity index (χ2v) is 8.04. The molecule has 1 aromatic heterocycles. The third-order valence-electron chi connectivity index (χ3n) is 6.26. The summed E-state index contributed by atoms with van der Waals surface area (Å²) in [7, 11) is 0. The van der Waals surface area contributed by atoms with Crippen LogP contribution in [0.15, 0.2) is 36.5 Å². The number of amides is 1. The number of aromatic nitrogens is 1. The van der Waals surface area contributed by atoms with Gasteiger partial charge in [0.15, 0.2) is 5.60 Å². The molecular weight excluding hydrogens is 404 g/mol. The van der Waals surface area contributed by atoms with Crippen LogP contribution in [0.2, 0.25) is 0 Å². The second-order valence-electron chi connectivity index (χ2n) is 8.04. The number of carbonyl (C=O) groups is 2. The highest BCUT2D eigenvalue weighted by atomic mass is 19.4. The van der Waals surface area contributed by atoms with Gasteiger partial charge in [-0.3, -0.25) is 9.78 Å². The minimum Gasteiger partial charge on any atom is -0.449 e. The molecule has 30 heavy (non-hydrogen) atoms. The first kappa shape index (κ1) is 19.0. The molecule has 2 aliphatic heterocycles. The first-order valence-electron chi connectivity index (χ1n) is 9.52. The van der Waals surface area contributed by atoms with E-state index in [1.807, 2.05) is 0 Å². The topological polar surface area (TPSA) is 59.5 Å². The third kappa shape index (κ3) is 2.64. The zero-order valence-electron chi connectivity index (χ0n) is 15.6. The summed E-state index contributed by atoms with van der Waals surface area (Å²) in [4.78, 5) is 30.3. The average molecular weight is 420 g/mol. The van der Waals surface area contributed by atoms with Crippen molar-refractivity contribution in [1.29, 1.82) is 0 Å². The summed E-state index contributed by atoms with van der Waals surface area (Å²) in [6.07, 6.45) is -2.63. The molecule has 1 atom stereocenters. The summed E-state index contributed by atoms with van der Waals surface area (Å²) in [6, 6.07) is 6.92. The Balaban J connectivity index is 1.47. The van der Waals surface area contributed by atoms with Crippen LogP contribution >= 0.6 is 0 Å². The molecule has 1 saturated heterocycles.